The van der Waals surface area contributed by atoms with Gasteiger partial charge in [0.1, 0.15) is 6.54 Å². The minimum Gasteiger partial charge on any atom is -0.325 e. The fraction of sp³-hybridized carbons (Fsp3) is 0.269. The molecule has 3 rings (SSSR count). The first kappa shape index (κ1) is 27.4. The Kier molecular flexibility index (Phi) is 8.55. The summed E-state index contributed by atoms with van der Waals surface area (Å²) in [5.41, 5.74) is 2.49. The van der Waals surface area contributed by atoms with Gasteiger partial charge in [0, 0.05) is 18.8 Å². The molecule has 0 bridgehead atoms. The molecule has 3 aromatic rings. The third-order valence-electron chi connectivity index (χ3n) is 5.67. The van der Waals surface area contributed by atoms with Crippen LogP contribution in [0.1, 0.15) is 25.0 Å². The highest BCUT2D eigenvalue weighted by Gasteiger charge is 2.27. The number of sulfonamides is 2. The minimum atomic E-state index is -4.03. The molecular formula is C26H31N3O5S2. The third kappa shape index (κ3) is 6.13. The van der Waals surface area contributed by atoms with E-state index in [2.05, 4.69) is 5.32 Å². The summed E-state index contributed by atoms with van der Waals surface area (Å²) in [6, 6.07) is 19.2. The van der Waals surface area contributed by atoms with Gasteiger partial charge in [-0.15, -0.1) is 0 Å². The molecule has 0 unspecified atom stereocenters. The average Bonchev–Trinajstić information content (AvgIpc) is 2.83. The standard InChI is InChI=1S/C26H31N3O5S2/c1-5-28(6-2)35(31,32)24-16-12-22(13-17-24)27-26(30)19-29(23-9-7-8-21(4)18-23)36(33,34)25-14-10-20(3)11-15-25/h7-18H,5-6,19H2,1-4H3,(H,27,30). The lowest BCUT2D eigenvalue weighted by Crippen LogP contribution is -2.38. The fourth-order valence-electron chi connectivity index (χ4n) is 3.69. The predicted octanol–water partition coefficient (Wildman–Crippen LogP) is 4.17. The fourth-order valence-corrected chi connectivity index (χ4v) is 6.56. The lowest BCUT2D eigenvalue weighted by molar-refractivity contribution is -0.114. The molecule has 0 aliphatic heterocycles. The van der Waals surface area contributed by atoms with Crippen LogP contribution in [-0.2, 0) is 24.8 Å². The molecule has 8 nitrogen and oxygen atoms in total. The molecule has 0 heterocycles. The van der Waals surface area contributed by atoms with Gasteiger partial charge in [-0.1, -0.05) is 43.7 Å². The first-order valence-electron chi connectivity index (χ1n) is 11.5. The van der Waals surface area contributed by atoms with Crippen molar-refractivity contribution >= 4 is 37.3 Å². The van der Waals surface area contributed by atoms with Crippen LogP contribution in [-0.4, -0.2) is 46.7 Å². The Morgan fingerprint density at radius 3 is 1.86 bits per heavy atom. The number of benzene rings is 3. The summed E-state index contributed by atoms with van der Waals surface area (Å²) in [7, 11) is -7.65. The Balaban J connectivity index is 1.86. The van der Waals surface area contributed by atoms with Crippen molar-refractivity contribution in [3.63, 3.8) is 0 Å². The third-order valence-corrected chi connectivity index (χ3v) is 9.52. The van der Waals surface area contributed by atoms with Crippen molar-refractivity contribution < 1.29 is 21.6 Å². The van der Waals surface area contributed by atoms with E-state index < -0.39 is 32.5 Å². The monoisotopic (exact) mass is 529 g/mol. The van der Waals surface area contributed by atoms with E-state index in [9.17, 15) is 21.6 Å². The largest absolute Gasteiger partial charge is 0.325 e. The van der Waals surface area contributed by atoms with Gasteiger partial charge in [0.15, 0.2) is 0 Å². The summed E-state index contributed by atoms with van der Waals surface area (Å²) in [6.07, 6.45) is 0. The van der Waals surface area contributed by atoms with Gasteiger partial charge in [-0.25, -0.2) is 16.8 Å². The molecule has 0 aliphatic rings. The Morgan fingerprint density at radius 1 is 0.750 bits per heavy atom. The van der Waals surface area contributed by atoms with Gasteiger partial charge in [0.05, 0.1) is 15.5 Å². The number of hydrogen-bond acceptors (Lipinski definition) is 5. The molecule has 0 atom stereocenters. The second kappa shape index (κ2) is 11.2. The van der Waals surface area contributed by atoms with Crippen molar-refractivity contribution in [3.8, 4) is 0 Å². The van der Waals surface area contributed by atoms with Crippen LogP contribution in [0.25, 0.3) is 0 Å². The van der Waals surface area contributed by atoms with Gasteiger partial charge in [0.25, 0.3) is 10.0 Å². The molecule has 36 heavy (non-hydrogen) atoms. The molecule has 0 saturated heterocycles. The highest BCUT2D eigenvalue weighted by molar-refractivity contribution is 7.92. The maximum absolute atomic E-state index is 13.5. The van der Waals surface area contributed by atoms with Gasteiger partial charge >= 0.3 is 0 Å². The van der Waals surface area contributed by atoms with Gasteiger partial charge in [-0.3, -0.25) is 9.10 Å². The number of nitrogens with one attached hydrogen (secondary N) is 1. The molecule has 0 radical (unpaired) electrons. The van der Waals surface area contributed by atoms with Crippen LogP contribution in [0.2, 0.25) is 0 Å². The second-order valence-corrected chi connectivity index (χ2v) is 12.1. The summed E-state index contributed by atoms with van der Waals surface area (Å²) >= 11 is 0. The van der Waals surface area contributed by atoms with E-state index in [1.54, 1.807) is 44.2 Å². The molecule has 192 valence electrons. The van der Waals surface area contributed by atoms with Crippen LogP contribution in [0.5, 0.6) is 0 Å². The van der Waals surface area contributed by atoms with Crippen LogP contribution >= 0.6 is 0 Å². The molecule has 3 aromatic carbocycles. The summed E-state index contributed by atoms with van der Waals surface area (Å²) in [5.74, 6) is -0.563. The van der Waals surface area contributed by atoms with E-state index in [0.717, 1.165) is 15.4 Å². The number of carbonyl (C=O) groups is 1. The molecule has 0 saturated carbocycles. The number of rotatable bonds is 10. The summed E-state index contributed by atoms with van der Waals surface area (Å²) in [5, 5.41) is 2.67. The first-order valence-corrected chi connectivity index (χ1v) is 14.4. The molecule has 0 fully saturated rings. The Bertz CT molecular complexity index is 1420. The maximum Gasteiger partial charge on any atom is 0.264 e. The Labute approximate surface area is 213 Å². The van der Waals surface area contributed by atoms with Crippen LogP contribution < -0.4 is 9.62 Å². The van der Waals surface area contributed by atoms with Gasteiger partial charge < -0.3 is 5.32 Å². The Hall–Kier alpha value is -3.21. The Morgan fingerprint density at radius 2 is 1.31 bits per heavy atom. The van der Waals surface area contributed by atoms with E-state index in [1.807, 2.05) is 19.9 Å². The van der Waals surface area contributed by atoms with Crippen molar-refractivity contribution in [2.45, 2.75) is 37.5 Å². The van der Waals surface area contributed by atoms with Crippen molar-refractivity contribution in [2.24, 2.45) is 0 Å². The predicted molar refractivity (Wildman–Crippen MR) is 142 cm³/mol. The van der Waals surface area contributed by atoms with Crippen LogP contribution in [0.3, 0.4) is 0 Å². The smallest absolute Gasteiger partial charge is 0.264 e. The van der Waals surface area contributed by atoms with Gasteiger partial charge in [-0.2, -0.15) is 4.31 Å². The summed E-state index contributed by atoms with van der Waals surface area (Å²) in [6.45, 7) is 7.47. The lowest BCUT2D eigenvalue weighted by Gasteiger charge is -2.24. The maximum atomic E-state index is 13.5. The normalized spacial score (nSPS) is 11.9. The zero-order valence-corrected chi connectivity index (χ0v) is 22.4. The topological polar surface area (TPSA) is 104 Å². The zero-order chi connectivity index (χ0) is 26.5. The van der Waals surface area contributed by atoms with Crippen molar-refractivity contribution in [3.05, 3.63) is 83.9 Å². The van der Waals surface area contributed by atoms with Crippen LogP contribution in [0, 0.1) is 13.8 Å². The highest BCUT2D eigenvalue weighted by atomic mass is 32.2. The molecule has 0 aromatic heterocycles. The van der Waals surface area contributed by atoms with E-state index in [-0.39, 0.29) is 9.79 Å². The molecule has 10 heteroatoms. The van der Waals surface area contributed by atoms with E-state index >= 15 is 0 Å². The molecular weight excluding hydrogens is 498 g/mol. The van der Waals surface area contributed by atoms with Gasteiger partial charge in [0.2, 0.25) is 15.9 Å². The van der Waals surface area contributed by atoms with Gasteiger partial charge in [-0.05, 0) is 67.9 Å². The SMILES string of the molecule is CCN(CC)S(=O)(=O)c1ccc(NC(=O)CN(c2cccc(C)c2)S(=O)(=O)c2ccc(C)cc2)cc1. The molecule has 0 aliphatic carbocycles. The molecule has 1 amide bonds. The average molecular weight is 530 g/mol. The number of carbonyl (C=O) groups excluding carboxylic acids is 1. The summed E-state index contributed by atoms with van der Waals surface area (Å²) in [4.78, 5) is 13.1. The number of aryl methyl sites for hydroxylation is 2. The quantitative estimate of drug-likeness (QED) is 0.425. The number of amides is 1. The number of nitrogens with zero attached hydrogens (tertiary/aromatic N) is 2. The second-order valence-electron chi connectivity index (χ2n) is 8.33. The van der Waals surface area contributed by atoms with Crippen molar-refractivity contribution in [1.82, 2.24) is 4.31 Å². The minimum absolute atomic E-state index is 0.0772. The van der Waals surface area contributed by atoms with Crippen LogP contribution in [0.15, 0.2) is 82.6 Å². The number of anilines is 2. The number of hydrogen-bond donors (Lipinski definition) is 1. The van der Waals surface area contributed by atoms with Crippen molar-refractivity contribution in [2.75, 3.05) is 29.3 Å². The highest BCUT2D eigenvalue weighted by Crippen LogP contribution is 2.25. The summed E-state index contributed by atoms with van der Waals surface area (Å²) < 4.78 is 54.8. The van der Waals surface area contributed by atoms with E-state index in [1.165, 1.54) is 40.7 Å². The molecule has 0 spiro atoms. The zero-order valence-electron chi connectivity index (χ0n) is 20.8. The van der Waals surface area contributed by atoms with E-state index in [4.69, 9.17) is 0 Å². The molecule has 1 N–H and O–H groups in total. The van der Waals surface area contributed by atoms with E-state index in [0.29, 0.717) is 24.5 Å². The van der Waals surface area contributed by atoms with Crippen LogP contribution in [0.4, 0.5) is 11.4 Å². The van der Waals surface area contributed by atoms with Crippen molar-refractivity contribution in [1.29, 1.82) is 0 Å². The first-order chi connectivity index (χ1) is 17.0. The lowest BCUT2D eigenvalue weighted by atomic mass is 10.2.